The fourth-order valence-corrected chi connectivity index (χ4v) is 3.89. The SMILES string of the molecule is COc1ccc(C(=O)Nc2ccc3c(c2)CCC(=O)N3Cc2ccc(Cl)cc2)cc1[N+](=O)[O-]. The van der Waals surface area contributed by atoms with Crippen LogP contribution in [-0.2, 0) is 17.8 Å². The van der Waals surface area contributed by atoms with Gasteiger partial charge in [-0.15, -0.1) is 0 Å². The number of halogens is 1. The lowest BCUT2D eigenvalue weighted by atomic mass is 9.99. The second kappa shape index (κ2) is 9.30. The topological polar surface area (TPSA) is 102 Å². The normalized spacial score (nSPS) is 12.8. The van der Waals surface area contributed by atoms with Crippen LogP contribution in [0, 0.1) is 10.1 Å². The van der Waals surface area contributed by atoms with E-state index in [9.17, 15) is 19.7 Å². The fraction of sp³-hybridized carbons (Fsp3) is 0.167. The number of amides is 2. The van der Waals surface area contributed by atoms with Gasteiger partial charge in [0.25, 0.3) is 5.91 Å². The summed E-state index contributed by atoms with van der Waals surface area (Å²) in [4.78, 5) is 37.6. The number of nitrogens with zero attached hydrogens (tertiary/aromatic N) is 2. The molecule has 0 aromatic heterocycles. The Morgan fingerprint density at radius 2 is 1.88 bits per heavy atom. The summed E-state index contributed by atoms with van der Waals surface area (Å²) in [7, 11) is 1.33. The first-order valence-corrected chi connectivity index (χ1v) is 10.5. The number of aryl methyl sites for hydroxylation is 1. The van der Waals surface area contributed by atoms with Crippen LogP contribution in [0.15, 0.2) is 60.7 Å². The Bertz CT molecular complexity index is 1240. The molecule has 1 N–H and O–H groups in total. The van der Waals surface area contributed by atoms with Crippen molar-refractivity contribution in [2.24, 2.45) is 0 Å². The van der Waals surface area contributed by atoms with E-state index in [4.69, 9.17) is 16.3 Å². The average molecular weight is 466 g/mol. The molecule has 168 valence electrons. The number of nitro groups is 1. The average Bonchev–Trinajstić information content (AvgIpc) is 2.81. The van der Waals surface area contributed by atoms with E-state index in [2.05, 4.69) is 5.32 Å². The monoisotopic (exact) mass is 465 g/mol. The van der Waals surface area contributed by atoms with Gasteiger partial charge in [0.2, 0.25) is 5.91 Å². The van der Waals surface area contributed by atoms with E-state index in [-0.39, 0.29) is 22.9 Å². The van der Waals surface area contributed by atoms with Gasteiger partial charge in [-0.1, -0.05) is 23.7 Å². The third-order valence-electron chi connectivity index (χ3n) is 5.43. The number of methoxy groups -OCH3 is 1. The maximum atomic E-state index is 12.7. The molecule has 1 heterocycles. The Kier molecular flexibility index (Phi) is 6.28. The highest BCUT2D eigenvalue weighted by Gasteiger charge is 2.25. The van der Waals surface area contributed by atoms with Gasteiger partial charge in [0, 0.05) is 34.4 Å². The summed E-state index contributed by atoms with van der Waals surface area (Å²) < 4.78 is 4.98. The van der Waals surface area contributed by atoms with Crippen molar-refractivity contribution < 1.29 is 19.2 Å². The molecule has 1 aliphatic heterocycles. The summed E-state index contributed by atoms with van der Waals surface area (Å²) in [6, 6.07) is 16.7. The number of anilines is 2. The summed E-state index contributed by atoms with van der Waals surface area (Å²) in [6.45, 7) is 0.421. The number of ether oxygens (including phenoxy) is 1. The smallest absolute Gasteiger partial charge is 0.311 e. The van der Waals surface area contributed by atoms with Crippen LogP contribution in [0.1, 0.15) is 27.9 Å². The van der Waals surface area contributed by atoms with E-state index >= 15 is 0 Å². The number of nitrogens with one attached hydrogen (secondary N) is 1. The van der Waals surface area contributed by atoms with E-state index in [0.717, 1.165) is 16.8 Å². The molecule has 4 rings (SSSR count). The van der Waals surface area contributed by atoms with Gasteiger partial charge < -0.3 is 15.0 Å². The Morgan fingerprint density at radius 3 is 2.58 bits per heavy atom. The predicted molar refractivity (Wildman–Crippen MR) is 125 cm³/mol. The van der Waals surface area contributed by atoms with Gasteiger partial charge >= 0.3 is 5.69 Å². The summed E-state index contributed by atoms with van der Waals surface area (Å²) in [5.74, 6) is -0.374. The van der Waals surface area contributed by atoms with E-state index < -0.39 is 10.8 Å². The highest BCUT2D eigenvalue weighted by molar-refractivity contribution is 6.30. The molecule has 3 aromatic rings. The van der Waals surface area contributed by atoms with Gasteiger partial charge in [0.1, 0.15) is 0 Å². The number of nitro benzene ring substituents is 1. The van der Waals surface area contributed by atoms with Crippen molar-refractivity contribution in [3.63, 3.8) is 0 Å². The molecular weight excluding hydrogens is 446 g/mol. The number of fused-ring (bicyclic) bond motifs is 1. The quantitative estimate of drug-likeness (QED) is 0.408. The Labute approximate surface area is 194 Å². The lowest BCUT2D eigenvalue weighted by molar-refractivity contribution is -0.385. The van der Waals surface area contributed by atoms with Crippen LogP contribution in [0.3, 0.4) is 0 Å². The maximum absolute atomic E-state index is 12.7. The van der Waals surface area contributed by atoms with Crippen LogP contribution < -0.4 is 15.0 Å². The molecule has 8 nitrogen and oxygen atoms in total. The minimum Gasteiger partial charge on any atom is -0.490 e. The van der Waals surface area contributed by atoms with Crippen molar-refractivity contribution in [1.29, 1.82) is 0 Å². The zero-order valence-electron chi connectivity index (χ0n) is 17.7. The first-order chi connectivity index (χ1) is 15.9. The first-order valence-electron chi connectivity index (χ1n) is 10.2. The molecule has 9 heteroatoms. The van der Waals surface area contributed by atoms with E-state index in [1.165, 1.54) is 25.3 Å². The fourth-order valence-electron chi connectivity index (χ4n) is 3.76. The summed E-state index contributed by atoms with van der Waals surface area (Å²) in [6.07, 6.45) is 0.922. The molecule has 0 fully saturated rings. The van der Waals surface area contributed by atoms with E-state index in [0.29, 0.717) is 30.1 Å². The standard InChI is InChI=1S/C24H20ClN3O5/c1-33-22-10-4-17(13-21(22)28(31)32)24(30)26-19-8-9-20-16(12-19)5-11-23(29)27(20)14-15-2-6-18(25)7-3-15/h2-4,6-10,12-13H,5,11,14H2,1H3,(H,26,30). The van der Waals surface area contributed by atoms with E-state index in [1.807, 2.05) is 18.2 Å². The van der Waals surface area contributed by atoms with Crippen LogP contribution in [-0.4, -0.2) is 23.8 Å². The number of carbonyl (C=O) groups excluding carboxylic acids is 2. The molecule has 0 spiro atoms. The van der Waals surface area contributed by atoms with Crippen LogP contribution in [0.5, 0.6) is 5.75 Å². The molecule has 0 saturated heterocycles. The first kappa shape index (κ1) is 22.3. The van der Waals surface area contributed by atoms with E-state index in [1.54, 1.807) is 29.2 Å². The number of hydrogen-bond acceptors (Lipinski definition) is 5. The summed E-state index contributed by atoms with van der Waals surface area (Å²) >= 11 is 5.95. The lowest BCUT2D eigenvalue weighted by Gasteiger charge is -2.30. The van der Waals surface area contributed by atoms with Gasteiger partial charge in [-0.25, -0.2) is 0 Å². The highest BCUT2D eigenvalue weighted by Crippen LogP contribution is 2.32. The number of rotatable bonds is 6. The molecule has 2 amide bonds. The second-order valence-electron chi connectivity index (χ2n) is 7.55. The summed E-state index contributed by atoms with van der Waals surface area (Å²) in [5, 5.41) is 14.6. The third-order valence-corrected chi connectivity index (χ3v) is 5.68. The summed E-state index contributed by atoms with van der Waals surface area (Å²) in [5.41, 5.74) is 3.07. The highest BCUT2D eigenvalue weighted by atomic mass is 35.5. The Balaban J connectivity index is 1.55. The van der Waals surface area contributed by atoms with Crippen molar-refractivity contribution in [2.75, 3.05) is 17.3 Å². The number of hydrogen-bond donors (Lipinski definition) is 1. The molecule has 0 radical (unpaired) electrons. The predicted octanol–water partition coefficient (Wildman–Crippen LogP) is 4.99. The molecule has 1 aliphatic rings. The molecule has 0 atom stereocenters. The van der Waals surface area contributed by atoms with Crippen LogP contribution in [0.2, 0.25) is 5.02 Å². The van der Waals surface area contributed by atoms with Gasteiger partial charge in [-0.3, -0.25) is 19.7 Å². The van der Waals surface area contributed by atoms with Gasteiger partial charge in [-0.05, 0) is 60.0 Å². The van der Waals surface area contributed by atoms with Crippen molar-refractivity contribution in [1.82, 2.24) is 0 Å². The molecule has 3 aromatic carbocycles. The van der Waals surface area contributed by atoms with Crippen LogP contribution in [0.4, 0.5) is 17.1 Å². The van der Waals surface area contributed by atoms with Gasteiger partial charge in [0.05, 0.1) is 18.6 Å². The molecular formula is C24H20ClN3O5. The van der Waals surface area contributed by atoms with Crippen LogP contribution >= 0.6 is 11.6 Å². The van der Waals surface area contributed by atoms with Crippen molar-refractivity contribution in [2.45, 2.75) is 19.4 Å². The van der Waals surface area contributed by atoms with Gasteiger partial charge in [-0.2, -0.15) is 0 Å². The maximum Gasteiger partial charge on any atom is 0.311 e. The Hall–Kier alpha value is -3.91. The molecule has 0 aliphatic carbocycles. The van der Waals surface area contributed by atoms with Crippen molar-refractivity contribution in [3.05, 3.63) is 92.5 Å². The number of carbonyl (C=O) groups is 2. The molecule has 0 unspecified atom stereocenters. The van der Waals surface area contributed by atoms with Crippen molar-refractivity contribution in [3.8, 4) is 5.75 Å². The zero-order chi connectivity index (χ0) is 23.5. The molecule has 0 bridgehead atoms. The van der Waals surface area contributed by atoms with Crippen molar-refractivity contribution >= 4 is 40.5 Å². The second-order valence-corrected chi connectivity index (χ2v) is 7.98. The third kappa shape index (κ3) is 4.80. The number of benzene rings is 3. The minimum atomic E-state index is -0.596. The largest absolute Gasteiger partial charge is 0.490 e. The molecule has 0 saturated carbocycles. The molecule has 33 heavy (non-hydrogen) atoms. The lowest BCUT2D eigenvalue weighted by Crippen LogP contribution is -2.34. The zero-order valence-corrected chi connectivity index (χ0v) is 18.5. The minimum absolute atomic E-state index is 0.0276. The van der Waals surface area contributed by atoms with Gasteiger partial charge in [0.15, 0.2) is 5.75 Å². The Morgan fingerprint density at radius 1 is 1.12 bits per heavy atom. The van der Waals surface area contributed by atoms with Crippen LogP contribution in [0.25, 0.3) is 0 Å².